The molecule has 0 spiro atoms. The Morgan fingerprint density at radius 2 is 2.33 bits per heavy atom. The molecule has 2 aliphatic heterocycles. The monoisotopic (exact) mass is 342 g/mol. The average Bonchev–Trinajstić information content (AvgIpc) is 2.93. The number of amides is 2. The van der Waals surface area contributed by atoms with Crippen LogP contribution in [0.2, 0.25) is 0 Å². The van der Waals surface area contributed by atoms with E-state index < -0.39 is 0 Å². The smallest absolute Gasteiger partial charge is 0.251 e. The van der Waals surface area contributed by atoms with Gasteiger partial charge in [0.15, 0.2) is 0 Å². The highest BCUT2D eigenvalue weighted by Gasteiger charge is 2.23. The van der Waals surface area contributed by atoms with E-state index in [0.29, 0.717) is 11.3 Å². The van der Waals surface area contributed by atoms with Gasteiger partial charge in [-0.1, -0.05) is 0 Å². The minimum absolute atomic E-state index is 0.0275. The van der Waals surface area contributed by atoms with Gasteiger partial charge in [0.05, 0.1) is 17.1 Å². The van der Waals surface area contributed by atoms with Gasteiger partial charge in [0, 0.05) is 35.7 Å². The van der Waals surface area contributed by atoms with Crippen molar-refractivity contribution in [2.24, 2.45) is 0 Å². The van der Waals surface area contributed by atoms with E-state index in [-0.39, 0.29) is 17.9 Å². The molecule has 3 heterocycles. The first-order chi connectivity index (χ1) is 11.6. The maximum absolute atomic E-state index is 12.5. The van der Waals surface area contributed by atoms with Gasteiger partial charge in [-0.25, -0.2) is 4.98 Å². The molecule has 0 saturated heterocycles. The second-order valence-corrected chi connectivity index (χ2v) is 7.22. The van der Waals surface area contributed by atoms with Crippen molar-refractivity contribution in [3.8, 4) is 0 Å². The summed E-state index contributed by atoms with van der Waals surface area (Å²) in [7, 11) is 0. The molecule has 4 rings (SSSR count). The fraction of sp³-hybridized carbons (Fsp3) is 0.353. The number of thioether (sulfide) groups is 1. The molecule has 2 N–H and O–H groups in total. The SMILES string of the molecule is Cc1cn2c(n1)CC[C@H](NC(=O)c1ccc3c(c1)NC(=O)CS3)C2. The fourth-order valence-corrected chi connectivity index (χ4v) is 3.99. The molecule has 1 aromatic heterocycles. The molecule has 2 aliphatic rings. The number of carbonyl (C=O) groups excluding carboxylic acids is 2. The van der Waals surface area contributed by atoms with Crippen LogP contribution in [0.3, 0.4) is 0 Å². The number of aromatic nitrogens is 2. The van der Waals surface area contributed by atoms with Crippen LogP contribution in [0.15, 0.2) is 29.3 Å². The zero-order valence-electron chi connectivity index (χ0n) is 13.3. The molecule has 0 aliphatic carbocycles. The molecule has 0 bridgehead atoms. The molecule has 0 fully saturated rings. The minimum atomic E-state index is -0.104. The molecule has 1 aromatic carbocycles. The van der Waals surface area contributed by atoms with Crippen molar-refractivity contribution < 1.29 is 9.59 Å². The lowest BCUT2D eigenvalue weighted by atomic mass is 10.1. The second-order valence-electron chi connectivity index (χ2n) is 6.21. The number of nitrogens with zero attached hydrogens (tertiary/aromatic N) is 2. The summed E-state index contributed by atoms with van der Waals surface area (Å²) in [6, 6.07) is 5.56. The molecule has 2 aromatic rings. The van der Waals surface area contributed by atoms with E-state index in [9.17, 15) is 9.59 Å². The number of anilines is 1. The van der Waals surface area contributed by atoms with Crippen LogP contribution in [0.25, 0.3) is 0 Å². The van der Waals surface area contributed by atoms with Crippen molar-refractivity contribution in [1.29, 1.82) is 0 Å². The number of hydrogen-bond donors (Lipinski definition) is 2. The van der Waals surface area contributed by atoms with E-state index in [1.165, 1.54) is 11.8 Å². The normalized spacial score (nSPS) is 19.2. The number of carbonyl (C=O) groups is 2. The summed E-state index contributed by atoms with van der Waals surface area (Å²) in [5.41, 5.74) is 2.31. The van der Waals surface area contributed by atoms with Gasteiger partial charge in [0.1, 0.15) is 5.82 Å². The quantitative estimate of drug-likeness (QED) is 0.875. The van der Waals surface area contributed by atoms with Gasteiger partial charge in [-0.2, -0.15) is 0 Å². The van der Waals surface area contributed by atoms with Crippen LogP contribution in [0, 0.1) is 6.92 Å². The van der Waals surface area contributed by atoms with E-state index in [0.717, 1.165) is 41.5 Å². The van der Waals surface area contributed by atoms with Crippen LogP contribution in [0.5, 0.6) is 0 Å². The molecule has 7 heteroatoms. The van der Waals surface area contributed by atoms with E-state index >= 15 is 0 Å². The predicted octanol–water partition coefficient (Wildman–Crippen LogP) is 1.98. The summed E-state index contributed by atoms with van der Waals surface area (Å²) >= 11 is 1.49. The molecular formula is C17H18N4O2S. The van der Waals surface area contributed by atoms with Gasteiger partial charge in [0.2, 0.25) is 5.91 Å². The summed E-state index contributed by atoms with van der Waals surface area (Å²) in [6.07, 6.45) is 3.79. The van der Waals surface area contributed by atoms with Gasteiger partial charge >= 0.3 is 0 Å². The largest absolute Gasteiger partial charge is 0.347 e. The highest BCUT2D eigenvalue weighted by molar-refractivity contribution is 8.00. The van der Waals surface area contributed by atoms with Crippen LogP contribution in [-0.4, -0.2) is 33.2 Å². The zero-order chi connectivity index (χ0) is 16.7. The van der Waals surface area contributed by atoms with Crippen LogP contribution in [0.1, 0.15) is 28.3 Å². The standard InChI is InChI=1S/C17H18N4O2S/c1-10-7-21-8-12(3-5-15(21)18-10)19-17(23)11-2-4-14-13(6-11)20-16(22)9-24-14/h2,4,6-7,12H,3,5,8-9H2,1H3,(H,19,23)(H,20,22)/t12-/m0/s1. The Kier molecular flexibility index (Phi) is 3.80. The van der Waals surface area contributed by atoms with Crippen LogP contribution in [-0.2, 0) is 17.8 Å². The third-order valence-electron chi connectivity index (χ3n) is 4.32. The molecule has 0 radical (unpaired) electrons. The maximum Gasteiger partial charge on any atom is 0.251 e. The summed E-state index contributed by atoms with van der Waals surface area (Å²) < 4.78 is 2.12. The van der Waals surface area contributed by atoms with E-state index in [4.69, 9.17) is 0 Å². The first kappa shape index (κ1) is 15.3. The number of rotatable bonds is 2. The Labute approximate surface area is 144 Å². The van der Waals surface area contributed by atoms with Crippen LogP contribution >= 0.6 is 11.8 Å². The van der Waals surface area contributed by atoms with Gasteiger partial charge < -0.3 is 15.2 Å². The molecule has 0 unspecified atom stereocenters. The molecule has 0 saturated carbocycles. The lowest BCUT2D eigenvalue weighted by molar-refractivity contribution is -0.113. The van der Waals surface area contributed by atoms with Crippen molar-refractivity contribution in [2.45, 2.75) is 37.2 Å². The maximum atomic E-state index is 12.5. The van der Waals surface area contributed by atoms with Crippen molar-refractivity contribution in [3.63, 3.8) is 0 Å². The summed E-state index contributed by atoms with van der Waals surface area (Å²) in [5, 5.41) is 5.92. The van der Waals surface area contributed by atoms with Gasteiger partial charge in [-0.15, -0.1) is 11.8 Å². The molecule has 6 nitrogen and oxygen atoms in total. The minimum Gasteiger partial charge on any atom is -0.347 e. The highest BCUT2D eigenvalue weighted by atomic mass is 32.2. The van der Waals surface area contributed by atoms with Gasteiger partial charge in [-0.05, 0) is 31.5 Å². The van der Waals surface area contributed by atoms with Crippen molar-refractivity contribution in [1.82, 2.24) is 14.9 Å². The number of nitrogens with one attached hydrogen (secondary N) is 2. The first-order valence-corrected chi connectivity index (χ1v) is 8.97. The number of aryl methyl sites for hydroxylation is 2. The molecular weight excluding hydrogens is 324 g/mol. The van der Waals surface area contributed by atoms with Crippen LogP contribution in [0.4, 0.5) is 5.69 Å². The number of imidazole rings is 1. The van der Waals surface area contributed by atoms with Crippen LogP contribution < -0.4 is 10.6 Å². The summed E-state index contributed by atoms with van der Waals surface area (Å²) in [6.45, 7) is 2.73. The first-order valence-electron chi connectivity index (χ1n) is 7.99. The predicted molar refractivity (Wildman–Crippen MR) is 92.3 cm³/mol. The highest BCUT2D eigenvalue weighted by Crippen LogP contribution is 2.32. The third kappa shape index (κ3) is 2.91. The third-order valence-corrected chi connectivity index (χ3v) is 5.40. The lowest BCUT2D eigenvalue weighted by Gasteiger charge is -2.25. The number of hydrogen-bond acceptors (Lipinski definition) is 4. The Morgan fingerprint density at radius 1 is 1.46 bits per heavy atom. The molecule has 2 amide bonds. The Morgan fingerprint density at radius 3 is 3.21 bits per heavy atom. The van der Waals surface area contributed by atoms with Crippen molar-refractivity contribution in [2.75, 3.05) is 11.1 Å². The van der Waals surface area contributed by atoms with Gasteiger partial charge in [-0.3, -0.25) is 9.59 Å². The summed E-state index contributed by atoms with van der Waals surface area (Å²) in [5.74, 6) is 1.38. The van der Waals surface area contributed by atoms with E-state index in [2.05, 4.69) is 20.2 Å². The second kappa shape index (κ2) is 5.98. The van der Waals surface area contributed by atoms with E-state index in [1.54, 1.807) is 6.07 Å². The molecule has 1 atom stereocenters. The summed E-state index contributed by atoms with van der Waals surface area (Å²) in [4.78, 5) is 29.5. The Balaban J connectivity index is 1.47. The van der Waals surface area contributed by atoms with E-state index in [1.807, 2.05) is 25.3 Å². The zero-order valence-corrected chi connectivity index (χ0v) is 14.2. The molecule has 24 heavy (non-hydrogen) atoms. The topological polar surface area (TPSA) is 76.0 Å². The number of benzene rings is 1. The Hall–Kier alpha value is -2.28. The lowest BCUT2D eigenvalue weighted by Crippen LogP contribution is -2.40. The van der Waals surface area contributed by atoms with Gasteiger partial charge in [0.25, 0.3) is 5.91 Å². The van der Waals surface area contributed by atoms with Crippen molar-refractivity contribution in [3.05, 3.63) is 41.5 Å². The average molecular weight is 342 g/mol. The fourth-order valence-electron chi connectivity index (χ4n) is 3.20. The Bertz CT molecular complexity index is 830. The van der Waals surface area contributed by atoms with Crippen molar-refractivity contribution >= 4 is 29.3 Å². The molecule has 124 valence electrons. The number of fused-ring (bicyclic) bond motifs is 2.